The minimum absolute atomic E-state index is 0.0137. The van der Waals surface area contributed by atoms with Gasteiger partial charge in [-0.3, -0.25) is 14.7 Å². The van der Waals surface area contributed by atoms with Crippen molar-refractivity contribution in [2.45, 2.75) is 43.4 Å². The topological polar surface area (TPSA) is 140 Å². The number of aliphatic hydroxyl groups is 1. The van der Waals surface area contributed by atoms with Crippen molar-refractivity contribution in [1.29, 1.82) is 0 Å². The summed E-state index contributed by atoms with van der Waals surface area (Å²) in [5.74, 6) is -2.78. The van der Waals surface area contributed by atoms with Crippen molar-refractivity contribution in [3.63, 3.8) is 0 Å². The number of nitrogens with zero attached hydrogens (tertiary/aromatic N) is 2. The Morgan fingerprint density at radius 1 is 1.12 bits per heavy atom. The van der Waals surface area contributed by atoms with Crippen LogP contribution in [0.4, 0.5) is 41.2 Å². The van der Waals surface area contributed by atoms with Crippen LogP contribution in [0.25, 0.3) is 5.57 Å². The van der Waals surface area contributed by atoms with Gasteiger partial charge in [0.2, 0.25) is 0 Å². The van der Waals surface area contributed by atoms with Crippen LogP contribution in [0.2, 0.25) is 0 Å². The molecule has 2 aromatic carbocycles. The van der Waals surface area contributed by atoms with Crippen LogP contribution in [0.3, 0.4) is 0 Å². The molecule has 1 aliphatic rings. The van der Waals surface area contributed by atoms with Gasteiger partial charge in [0.25, 0.3) is 0 Å². The number of hydrogen-bond acceptors (Lipinski definition) is 8. The maximum atomic E-state index is 14.0. The molecule has 3 rings (SSSR count). The third-order valence-electron chi connectivity index (χ3n) is 6.17. The maximum absolute atomic E-state index is 14.0. The van der Waals surface area contributed by atoms with Crippen molar-refractivity contribution in [2.24, 2.45) is 16.5 Å². The Hall–Kier alpha value is -4.18. The fraction of sp³-hybridized carbons (Fsp3) is 0.346. The lowest BCUT2D eigenvalue weighted by molar-refractivity contribution is -0.156. The third-order valence-corrected chi connectivity index (χ3v) is 6.17. The van der Waals surface area contributed by atoms with Gasteiger partial charge in [0.05, 0.1) is 23.8 Å². The lowest BCUT2D eigenvalue weighted by Crippen LogP contribution is -2.42. The molecule has 228 valence electrons. The molecule has 1 amide bonds. The Morgan fingerprint density at radius 2 is 1.74 bits per heavy atom. The molecular weight excluding hydrogens is 581 g/mol. The van der Waals surface area contributed by atoms with E-state index < -0.39 is 83.0 Å². The number of benzene rings is 2. The molecule has 0 radical (unpaired) electrons. The number of anilines is 1. The zero-order valence-corrected chi connectivity index (χ0v) is 21.7. The molecule has 1 saturated carbocycles. The molecule has 1 atom stereocenters. The molecule has 9 nitrogen and oxygen atoms in total. The Labute approximate surface area is 234 Å². The molecule has 0 aromatic heterocycles. The molecular formula is C26H25F7N4O5. The first-order valence-corrected chi connectivity index (χ1v) is 12.1. The maximum Gasteiger partial charge on any atom is 0.420 e. The average molecular weight is 606 g/mol. The van der Waals surface area contributed by atoms with Gasteiger partial charge in [0.15, 0.2) is 5.75 Å². The summed E-state index contributed by atoms with van der Waals surface area (Å²) >= 11 is 0. The predicted molar refractivity (Wildman–Crippen MR) is 136 cm³/mol. The number of carbonyl (C=O) groups is 2. The molecule has 2 aromatic rings. The number of amides is 1. The van der Waals surface area contributed by atoms with Crippen LogP contribution in [0, 0.1) is 5.82 Å². The second-order valence-corrected chi connectivity index (χ2v) is 9.17. The van der Waals surface area contributed by atoms with E-state index in [1.54, 1.807) is 0 Å². The number of aliphatic hydroxyl groups excluding tert-OH is 1. The number of esters is 1. The zero-order chi connectivity index (χ0) is 31.4. The van der Waals surface area contributed by atoms with E-state index in [0.29, 0.717) is 12.3 Å². The number of alkyl halides is 6. The molecule has 0 heterocycles. The fourth-order valence-corrected chi connectivity index (χ4v) is 3.72. The Kier molecular flexibility index (Phi) is 9.83. The summed E-state index contributed by atoms with van der Waals surface area (Å²) in [6, 6.07) is 2.56. The van der Waals surface area contributed by atoms with Crippen molar-refractivity contribution in [3.8, 4) is 5.75 Å². The van der Waals surface area contributed by atoms with E-state index in [2.05, 4.69) is 4.99 Å². The molecule has 0 bridgehead atoms. The van der Waals surface area contributed by atoms with Crippen molar-refractivity contribution < 1.29 is 54.9 Å². The molecule has 5 N–H and O–H groups in total. The van der Waals surface area contributed by atoms with E-state index in [1.165, 1.54) is 0 Å². The molecule has 1 unspecified atom stereocenters. The quantitative estimate of drug-likeness (QED) is 0.232. The van der Waals surface area contributed by atoms with Gasteiger partial charge in [-0.05, 0) is 36.4 Å². The van der Waals surface area contributed by atoms with Gasteiger partial charge in [-0.25, -0.2) is 9.18 Å². The number of aliphatic imine (C=N–C) groups is 1. The largest absolute Gasteiger partial charge is 0.461 e. The predicted octanol–water partition coefficient (Wildman–Crippen LogP) is 4.26. The van der Waals surface area contributed by atoms with Crippen molar-refractivity contribution in [2.75, 3.05) is 18.6 Å². The van der Waals surface area contributed by atoms with E-state index in [4.69, 9.17) is 26.0 Å². The van der Waals surface area contributed by atoms with Crippen molar-refractivity contribution in [3.05, 3.63) is 65.1 Å². The SMILES string of the molecule is CN(C(=O)Oc1c(C(C=NC2CC(OC(=O)C(N)CO)C2)=CN)cc(C(F)(F)F)cc1C(F)(F)F)c1ccc(F)cc1. The van der Waals surface area contributed by atoms with Crippen LogP contribution in [-0.2, 0) is 21.9 Å². The number of halogens is 7. The van der Waals surface area contributed by atoms with Crippen LogP contribution in [0.15, 0.2) is 47.6 Å². The van der Waals surface area contributed by atoms with Crippen LogP contribution in [-0.4, -0.2) is 55.2 Å². The highest BCUT2D eigenvalue weighted by Crippen LogP contribution is 2.44. The van der Waals surface area contributed by atoms with Gasteiger partial charge in [-0.15, -0.1) is 0 Å². The van der Waals surface area contributed by atoms with E-state index in [-0.39, 0.29) is 24.6 Å². The summed E-state index contributed by atoms with van der Waals surface area (Å²) in [5, 5.41) is 8.90. The standard InChI is InChI=1S/C26H25F7N4O5/c1-37(17-4-2-15(27)3-5-17)24(40)42-22-19(6-14(25(28,29)30)7-20(22)26(31,32)33)13(10-34)11-36-16-8-18(9-16)41-23(39)21(35)12-38/h2-7,10-11,16,18,21,38H,8-9,12,34-35H2,1H3. The fourth-order valence-electron chi connectivity index (χ4n) is 3.72. The highest BCUT2D eigenvalue weighted by molar-refractivity contribution is 6.11. The molecule has 0 spiro atoms. The minimum Gasteiger partial charge on any atom is -0.461 e. The molecule has 42 heavy (non-hydrogen) atoms. The first-order chi connectivity index (χ1) is 19.5. The van der Waals surface area contributed by atoms with Gasteiger partial charge in [-0.1, -0.05) is 0 Å². The van der Waals surface area contributed by atoms with Gasteiger partial charge in [0.1, 0.15) is 18.0 Å². The number of allylic oxidation sites excluding steroid dienone is 1. The second-order valence-electron chi connectivity index (χ2n) is 9.17. The van der Waals surface area contributed by atoms with E-state index >= 15 is 0 Å². The molecule has 1 aliphatic carbocycles. The number of ether oxygens (including phenoxy) is 2. The Balaban J connectivity index is 1.97. The minimum atomic E-state index is -5.41. The highest BCUT2D eigenvalue weighted by atomic mass is 19.4. The zero-order valence-electron chi connectivity index (χ0n) is 21.7. The summed E-state index contributed by atoms with van der Waals surface area (Å²) in [6.07, 6.45) is -10.8. The summed E-state index contributed by atoms with van der Waals surface area (Å²) in [5.41, 5.74) is 6.07. The van der Waals surface area contributed by atoms with Crippen molar-refractivity contribution >= 4 is 29.5 Å². The number of hydrogen-bond donors (Lipinski definition) is 3. The molecule has 0 aliphatic heterocycles. The summed E-state index contributed by atoms with van der Waals surface area (Å²) < 4.78 is 106. The Morgan fingerprint density at radius 3 is 2.26 bits per heavy atom. The second kappa shape index (κ2) is 12.8. The van der Waals surface area contributed by atoms with Crippen LogP contribution in [0.1, 0.15) is 29.5 Å². The van der Waals surface area contributed by atoms with Gasteiger partial charge >= 0.3 is 24.4 Å². The molecule has 0 saturated heterocycles. The number of carbonyl (C=O) groups excluding carboxylic acids is 2. The van der Waals surface area contributed by atoms with Gasteiger partial charge in [0, 0.05) is 49.1 Å². The molecule has 16 heteroatoms. The van der Waals surface area contributed by atoms with Crippen molar-refractivity contribution in [1.82, 2.24) is 0 Å². The van der Waals surface area contributed by atoms with Gasteiger partial charge < -0.3 is 26.0 Å². The normalized spacial score (nSPS) is 18.4. The number of rotatable bonds is 8. The summed E-state index contributed by atoms with van der Waals surface area (Å²) in [7, 11) is 1.10. The Bertz CT molecular complexity index is 1350. The molecule has 1 fully saturated rings. The van der Waals surface area contributed by atoms with Crippen LogP contribution < -0.4 is 21.1 Å². The van der Waals surface area contributed by atoms with Crippen LogP contribution >= 0.6 is 0 Å². The van der Waals surface area contributed by atoms with Gasteiger partial charge in [-0.2, -0.15) is 26.3 Å². The smallest absolute Gasteiger partial charge is 0.420 e. The summed E-state index contributed by atoms with van der Waals surface area (Å²) in [6.45, 7) is -0.638. The van der Waals surface area contributed by atoms with Crippen LogP contribution in [0.5, 0.6) is 5.75 Å². The summed E-state index contributed by atoms with van der Waals surface area (Å²) in [4.78, 5) is 29.3. The van der Waals surface area contributed by atoms with E-state index in [0.717, 1.165) is 42.4 Å². The highest BCUT2D eigenvalue weighted by Gasteiger charge is 2.42. The third kappa shape index (κ3) is 7.76. The number of nitrogens with two attached hydrogens (primary N) is 2. The first kappa shape index (κ1) is 32.3. The average Bonchev–Trinajstić information content (AvgIpc) is 2.90. The van der Waals surface area contributed by atoms with E-state index in [1.807, 2.05) is 0 Å². The lowest BCUT2D eigenvalue weighted by atomic mass is 9.89. The monoisotopic (exact) mass is 606 g/mol. The van der Waals surface area contributed by atoms with E-state index in [9.17, 15) is 40.3 Å². The first-order valence-electron chi connectivity index (χ1n) is 12.1. The lowest BCUT2D eigenvalue weighted by Gasteiger charge is -2.32.